The Morgan fingerprint density at radius 2 is 1.63 bits per heavy atom. The highest BCUT2D eigenvalue weighted by Crippen LogP contribution is 2.28. The third kappa shape index (κ3) is 3.60. The van der Waals surface area contributed by atoms with E-state index >= 15 is 0 Å². The van der Waals surface area contributed by atoms with Crippen molar-refractivity contribution in [2.45, 2.75) is 25.8 Å². The van der Waals surface area contributed by atoms with E-state index in [0.29, 0.717) is 17.9 Å². The lowest BCUT2D eigenvalue weighted by Crippen LogP contribution is -2.38. The van der Waals surface area contributed by atoms with Gasteiger partial charge in [-0.15, -0.1) is 0 Å². The van der Waals surface area contributed by atoms with Crippen molar-refractivity contribution in [3.8, 4) is 0 Å². The molecule has 27 heavy (non-hydrogen) atoms. The summed E-state index contributed by atoms with van der Waals surface area (Å²) in [6.45, 7) is 3.41. The van der Waals surface area contributed by atoms with Crippen LogP contribution in [-0.4, -0.2) is 43.4 Å². The summed E-state index contributed by atoms with van der Waals surface area (Å²) in [5, 5.41) is 0. The minimum Gasteiger partial charge on any atom is -0.372 e. The number of hydrogen-bond donors (Lipinski definition) is 0. The molecule has 0 N–H and O–H groups in total. The molecule has 0 spiro atoms. The molecular weight excluding hydrogens is 338 g/mol. The van der Waals surface area contributed by atoms with E-state index in [1.807, 2.05) is 19.2 Å². The van der Waals surface area contributed by atoms with Gasteiger partial charge in [-0.05, 0) is 56.1 Å². The van der Waals surface area contributed by atoms with Crippen molar-refractivity contribution >= 4 is 23.1 Å². The van der Waals surface area contributed by atoms with Crippen LogP contribution in [0.5, 0.6) is 0 Å². The van der Waals surface area contributed by atoms with Gasteiger partial charge >= 0.3 is 5.91 Å². The van der Waals surface area contributed by atoms with Crippen molar-refractivity contribution in [1.82, 2.24) is 4.90 Å². The zero-order valence-electron chi connectivity index (χ0n) is 15.7. The number of para-hydroxylation sites is 1. The fourth-order valence-corrected chi connectivity index (χ4v) is 3.96. The normalized spacial score (nSPS) is 17.0. The minimum atomic E-state index is -0.441. The maximum absolute atomic E-state index is 12.3. The summed E-state index contributed by atoms with van der Waals surface area (Å²) >= 11 is 0. The molecule has 2 aliphatic heterocycles. The van der Waals surface area contributed by atoms with Gasteiger partial charge in [0.2, 0.25) is 0 Å². The molecule has 5 heteroatoms. The van der Waals surface area contributed by atoms with Gasteiger partial charge in [-0.1, -0.05) is 24.3 Å². The van der Waals surface area contributed by atoms with Gasteiger partial charge in [0.05, 0.1) is 17.9 Å². The number of carbonyl (C=O) groups is 2. The number of rotatable bonds is 5. The molecule has 0 aromatic heterocycles. The lowest BCUT2D eigenvalue weighted by molar-refractivity contribution is -0.114. The second-order valence-electron chi connectivity index (χ2n) is 7.45. The molecule has 4 rings (SSSR count). The van der Waals surface area contributed by atoms with Gasteiger partial charge in [0, 0.05) is 25.3 Å². The number of nitrogens with zero attached hydrogens (tertiary/aromatic N) is 3. The zero-order valence-corrected chi connectivity index (χ0v) is 15.7. The second-order valence-corrected chi connectivity index (χ2v) is 7.45. The number of fused-ring (bicyclic) bond motifs is 1. The third-order valence-electron chi connectivity index (χ3n) is 5.37. The smallest absolute Gasteiger partial charge is 0.300 e. The van der Waals surface area contributed by atoms with E-state index in [4.69, 9.17) is 0 Å². The molecule has 1 amide bonds. The fraction of sp³-hybridized carbons (Fsp3) is 0.364. The van der Waals surface area contributed by atoms with E-state index in [0.717, 1.165) is 19.6 Å². The van der Waals surface area contributed by atoms with Crippen molar-refractivity contribution in [1.29, 1.82) is 0 Å². The minimum absolute atomic E-state index is 0.398. The van der Waals surface area contributed by atoms with Crippen LogP contribution >= 0.6 is 0 Å². The second kappa shape index (κ2) is 7.53. The average molecular weight is 363 g/mol. The van der Waals surface area contributed by atoms with Gasteiger partial charge in [-0.2, -0.15) is 0 Å². The summed E-state index contributed by atoms with van der Waals surface area (Å²) in [5.41, 5.74) is 3.70. The molecule has 5 nitrogen and oxygen atoms in total. The number of amides is 1. The maximum Gasteiger partial charge on any atom is 0.300 e. The maximum atomic E-state index is 12.3. The first kappa shape index (κ1) is 17.7. The molecule has 0 aliphatic carbocycles. The van der Waals surface area contributed by atoms with Crippen molar-refractivity contribution in [3.05, 3.63) is 59.7 Å². The Labute approximate surface area is 160 Å². The van der Waals surface area contributed by atoms with E-state index in [2.05, 4.69) is 34.1 Å². The van der Waals surface area contributed by atoms with Crippen LogP contribution < -0.4 is 9.80 Å². The molecule has 2 heterocycles. The average Bonchev–Trinajstić information content (AvgIpc) is 2.94. The lowest BCUT2D eigenvalue weighted by Gasteiger charge is -2.29. The monoisotopic (exact) mass is 363 g/mol. The largest absolute Gasteiger partial charge is 0.372 e. The Kier molecular flexibility index (Phi) is 4.94. The van der Waals surface area contributed by atoms with Crippen LogP contribution in [0.25, 0.3) is 0 Å². The van der Waals surface area contributed by atoms with Crippen LogP contribution in [-0.2, 0) is 11.3 Å². The highest BCUT2D eigenvalue weighted by Gasteiger charge is 2.35. The molecule has 1 saturated heterocycles. The Bertz CT molecular complexity index is 841. The molecule has 2 aromatic carbocycles. The van der Waals surface area contributed by atoms with Crippen LogP contribution in [0.2, 0.25) is 0 Å². The number of ketones is 1. The molecule has 0 radical (unpaired) electrons. The predicted molar refractivity (Wildman–Crippen MR) is 107 cm³/mol. The highest BCUT2D eigenvalue weighted by molar-refractivity contribution is 6.52. The van der Waals surface area contributed by atoms with Crippen LogP contribution in [0.3, 0.4) is 0 Å². The van der Waals surface area contributed by atoms with E-state index in [1.54, 1.807) is 17.0 Å². The van der Waals surface area contributed by atoms with Gasteiger partial charge in [-0.3, -0.25) is 19.4 Å². The highest BCUT2D eigenvalue weighted by atomic mass is 16.2. The molecule has 140 valence electrons. The summed E-state index contributed by atoms with van der Waals surface area (Å²) in [7, 11) is 1.97. The van der Waals surface area contributed by atoms with Crippen LogP contribution in [0.15, 0.2) is 48.5 Å². The Morgan fingerprint density at radius 1 is 0.926 bits per heavy atom. The SMILES string of the molecule is CN(Cc1ccc(N2CCCCC2)cc1)CN1C(=O)C(=O)c2ccccc21. The molecular formula is C22H25N3O2. The standard InChI is InChI=1S/C22H25N3O2/c1-23(16-25-20-8-4-3-7-19(20)21(26)22(25)27)15-17-9-11-18(12-10-17)24-13-5-2-6-14-24/h3-4,7-12H,2,5-6,13-16H2,1H3. The number of Topliss-reactive ketones (excluding diaryl/α,β-unsaturated/α-hetero) is 1. The molecule has 0 atom stereocenters. The van der Waals surface area contributed by atoms with Crippen LogP contribution in [0, 0.1) is 0 Å². The van der Waals surface area contributed by atoms with Crippen molar-refractivity contribution < 1.29 is 9.59 Å². The number of carbonyl (C=O) groups excluding carboxylic acids is 2. The van der Waals surface area contributed by atoms with Gasteiger partial charge in [0.25, 0.3) is 5.78 Å². The van der Waals surface area contributed by atoms with E-state index < -0.39 is 11.7 Å². The summed E-state index contributed by atoms with van der Waals surface area (Å²) < 4.78 is 0. The van der Waals surface area contributed by atoms with Crippen molar-refractivity contribution in [2.24, 2.45) is 0 Å². The molecule has 0 bridgehead atoms. The first-order chi connectivity index (χ1) is 13.1. The van der Waals surface area contributed by atoms with Gasteiger partial charge < -0.3 is 4.90 Å². The van der Waals surface area contributed by atoms with E-state index in [1.165, 1.54) is 30.5 Å². The van der Waals surface area contributed by atoms with Gasteiger partial charge in [-0.25, -0.2) is 0 Å². The van der Waals surface area contributed by atoms with Crippen molar-refractivity contribution in [3.63, 3.8) is 0 Å². The first-order valence-electron chi connectivity index (χ1n) is 9.61. The van der Waals surface area contributed by atoms with Crippen LogP contribution in [0.4, 0.5) is 11.4 Å². The molecule has 2 aliphatic rings. The summed E-state index contributed by atoms with van der Waals surface area (Å²) in [5.74, 6) is -0.853. The number of anilines is 2. The fourth-order valence-electron chi connectivity index (χ4n) is 3.96. The number of piperidine rings is 1. The summed E-state index contributed by atoms with van der Waals surface area (Å²) in [6, 6.07) is 15.9. The van der Waals surface area contributed by atoms with E-state index in [9.17, 15) is 9.59 Å². The molecule has 1 fully saturated rings. The Balaban J connectivity index is 1.40. The molecule has 0 unspecified atom stereocenters. The zero-order chi connectivity index (χ0) is 18.8. The molecule has 2 aromatic rings. The topological polar surface area (TPSA) is 43.9 Å². The van der Waals surface area contributed by atoms with Gasteiger partial charge in [0.15, 0.2) is 0 Å². The first-order valence-corrected chi connectivity index (χ1v) is 9.61. The lowest BCUT2D eigenvalue weighted by atomic mass is 10.1. The number of hydrogen-bond acceptors (Lipinski definition) is 4. The van der Waals surface area contributed by atoms with Crippen molar-refractivity contribution in [2.75, 3.05) is 36.6 Å². The number of benzene rings is 2. The van der Waals surface area contributed by atoms with E-state index in [-0.39, 0.29) is 0 Å². The summed E-state index contributed by atoms with van der Waals surface area (Å²) in [6.07, 6.45) is 3.88. The van der Waals surface area contributed by atoms with Crippen LogP contribution in [0.1, 0.15) is 35.2 Å². The Morgan fingerprint density at radius 3 is 2.37 bits per heavy atom. The Hall–Kier alpha value is -2.66. The third-order valence-corrected chi connectivity index (χ3v) is 5.37. The summed E-state index contributed by atoms with van der Waals surface area (Å²) in [4.78, 5) is 30.5. The molecule has 0 saturated carbocycles. The quantitative estimate of drug-likeness (QED) is 0.765. The predicted octanol–water partition coefficient (Wildman–Crippen LogP) is 3.30. The van der Waals surface area contributed by atoms with Gasteiger partial charge in [0.1, 0.15) is 0 Å².